The number of hydrogen-bond donors (Lipinski definition) is 0. The van der Waals surface area contributed by atoms with E-state index in [1.165, 1.54) is 32.1 Å². The van der Waals surface area contributed by atoms with Crippen LogP contribution in [0.1, 0.15) is 52.4 Å². The number of rotatable bonds is 9. The van der Waals surface area contributed by atoms with E-state index in [1.807, 2.05) is 0 Å². The normalized spacial score (nSPS) is 12.9. The largest absolute Gasteiger partial charge is 0.0917 e. The monoisotopic (exact) mass is 218 g/mol. The second-order valence-corrected chi connectivity index (χ2v) is 3.82. The highest BCUT2D eigenvalue weighted by molar-refractivity contribution is 4.94. The van der Waals surface area contributed by atoms with Gasteiger partial charge in [-0.05, 0) is 52.4 Å². The van der Waals surface area contributed by atoms with Crippen molar-refractivity contribution in [3.8, 4) is 0 Å². The molecule has 0 bridgehead atoms. The Hall–Kier alpha value is -1.04. The van der Waals surface area contributed by atoms with E-state index in [2.05, 4.69) is 62.5 Å². The van der Waals surface area contributed by atoms with E-state index in [4.69, 9.17) is 0 Å². The summed E-state index contributed by atoms with van der Waals surface area (Å²) in [5.74, 6) is 0. The van der Waals surface area contributed by atoms with E-state index < -0.39 is 0 Å². The zero-order valence-corrected chi connectivity index (χ0v) is 10.9. The minimum atomic E-state index is 1.08. The summed E-state index contributed by atoms with van der Waals surface area (Å²) in [6.07, 6.45) is 24.9. The molecule has 0 aliphatic heterocycles. The van der Waals surface area contributed by atoms with Gasteiger partial charge in [0.15, 0.2) is 0 Å². The van der Waals surface area contributed by atoms with E-state index in [-0.39, 0.29) is 0 Å². The predicted octanol–water partition coefficient (Wildman–Crippen LogP) is 5.59. The average Bonchev–Trinajstić information content (AvgIpc) is 2.31. The van der Waals surface area contributed by atoms with Crippen LogP contribution in [-0.2, 0) is 0 Å². The lowest BCUT2D eigenvalue weighted by atomic mass is 10.2. The van der Waals surface area contributed by atoms with Crippen LogP contribution in [0.4, 0.5) is 0 Å². The van der Waals surface area contributed by atoms with Crippen molar-refractivity contribution in [2.45, 2.75) is 52.4 Å². The van der Waals surface area contributed by atoms with Crippen molar-refractivity contribution in [1.29, 1.82) is 0 Å². The maximum Gasteiger partial charge on any atom is -0.0169 e. The first-order chi connectivity index (χ1) is 7.91. The molecule has 0 aliphatic carbocycles. The Morgan fingerprint density at radius 2 is 1.06 bits per heavy atom. The SMILES string of the molecule is C/C=C/CC/C=C/C/C=C/CCC/C=C/C. The Morgan fingerprint density at radius 1 is 0.562 bits per heavy atom. The fraction of sp³-hybridized carbons (Fsp3) is 0.500. The molecule has 90 valence electrons. The van der Waals surface area contributed by atoms with Crippen LogP contribution >= 0.6 is 0 Å². The molecule has 0 heterocycles. The van der Waals surface area contributed by atoms with Crippen molar-refractivity contribution in [3.63, 3.8) is 0 Å². The summed E-state index contributed by atoms with van der Waals surface area (Å²) in [4.78, 5) is 0. The van der Waals surface area contributed by atoms with Gasteiger partial charge in [-0.3, -0.25) is 0 Å². The van der Waals surface area contributed by atoms with Gasteiger partial charge in [-0.15, -0.1) is 0 Å². The van der Waals surface area contributed by atoms with E-state index in [9.17, 15) is 0 Å². The van der Waals surface area contributed by atoms with Gasteiger partial charge < -0.3 is 0 Å². The van der Waals surface area contributed by atoms with Crippen molar-refractivity contribution in [1.82, 2.24) is 0 Å². The molecule has 0 fully saturated rings. The van der Waals surface area contributed by atoms with Crippen LogP contribution in [0, 0.1) is 0 Å². The molecule has 0 rings (SSSR count). The summed E-state index contributed by atoms with van der Waals surface area (Å²) in [5, 5.41) is 0. The molecule has 0 saturated heterocycles. The zero-order chi connectivity index (χ0) is 11.9. The van der Waals surface area contributed by atoms with Crippen molar-refractivity contribution >= 4 is 0 Å². The highest BCUT2D eigenvalue weighted by Crippen LogP contribution is 2.00. The minimum absolute atomic E-state index is 1.08. The molecular formula is C16H26. The number of hydrogen-bond acceptors (Lipinski definition) is 0. The maximum atomic E-state index is 2.29. The summed E-state index contributed by atoms with van der Waals surface area (Å²) < 4.78 is 0. The molecule has 0 aromatic rings. The molecule has 0 saturated carbocycles. The van der Waals surface area contributed by atoms with Gasteiger partial charge in [0.2, 0.25) is 0 Å². The van der Waals surface area contributed by atoms with Gasteiger partial charge in [0.25, 0.3) is 0 Å². The molecule has 0 aliphatic rings. The number of allylic oxidation sites excluding steroid dienone is 8. The van der Waals surface area contributed by atoms with Gasteiger partial charge in [-0.25, -0.2) is 0 Å². The summed E-state index contributed by atoms with van der Waals surface area (Å²) >= 11 is 0. The molecule has 0 aromatic heterocycles. The van der Waals surface area contributed by atoms with Crippen LogP contribution in [0.3, 0.4) is 0 Å². The lowest BCUT2D eigenvalue weighted by molar-refractivity contribution is 0.865. The first-order valence-electron chi connectivity index (χ1n) is 6.44. The molecular weight excluding hydrogens is 192 g/mol. The summed E-state index contributed by atoms with van der Waals surface area (Å²) in [6, 6.07) is 0. The maximum absolute atomic E-state index is 2.29. The summed E-state index contributed by atoms with van der Waals surface area (Å²) in [5.41, 5.74) is 0. The molecule has 0 radical (unpaired) electrons. The van der Waals surface area contributed by atoms with E-state index in [0.29, 0.717) is 0 Å². The fourth-order valence-corrected chi connectivity index (χ4v) is 1.39. The van der Waals surface area contributed by atoms with Crippen LogP contribution in [0.2, 0.25) is 0 Å². The first-order valence-corrected chi connectivity index (χ1v) is 6.44. The van der Waals surface area contributed by atoms with E-state index >= 15 is 0 Å². The Labute approximate surface area is 101 Å². The Bertz CT molecular complexity index is 228. The van der Waals surface area contributed by atoms with Crippen molar-refractivity contribution in [3.05, 3.63) is 48.6 Å². The molecule has 0 nitrogen and oxygen atoms in total. The molecule has 0 spiro atoms. The highest BCUT2D eigenvalue weighted by atomic mass is 13.9. The van der Waals surface area contributed by atoms with Crippen molar-refractivity contribution in [2.24, 2.45) is 0 Å². The lowest BCUT2D eigenvalue weighted by Crippen LogP contribution is -1.69. The Balaban J connectivity index is 3.26. The second kappa shape index (κ2) is 14.0. The van der Waals surface area contributed by atoms with E-state index in [0.717, 1.165) is 6.42 Å². The van der Waals surface area contributed by atoms with Gasteiger partial charge in [0.05, 0.1) is 0 Å². The third kappa shape index (κ3) is 13.0. The molecule has 0 heteroatoms. The quantitative estimate of drug-likeness (QED) is 0.349. The van der Waals surface area contributed by atoms with Gasteiger partial charge in [0.1, 0.15) is 0 Å². The van der Waals surface area contributed by atoms with Crippen LogP contribution < -0.4 is 0 Å². The molecule has 16 heavy (non-hydrogen) atoms. The van der Waals surface area contributed by atoms with Crippen LogP contribution in [0.25, 0.3) is 0 Å². The lowest BCUT2D eigenvalue weighted by Gasteiger charge is -1.89. The molecule has 0 N–H and O–H groups in total. The van der Waals surface area contributed by atoms with Crippen LogP contribution in [0.15, 0.2) is 48.6 Å². The van der Waals surface area contributed by atoms with Crippen molar-refractivity contribution in [2.75, 3.05) is 0 Å². The highest BCUT2D eigenvalue weighted by Gasteiger charge is 1.79. The first kappa shape index (κ1) is 15.0. The number of unbranched alkanes of at least 4 members (excludes halogenated alkanes) is 3. The fourth-order valence-electron chi connectivity index (χ4n) is 1.39. The topological polar surface area (TPSA) is 0 Å². The smallest absolute Gasteiger partial charge is 0.0169 e. The van der Waals surface area contributed by atoms with Gasteiger partial charge in [0, 0.05) is 0 Å². The standard InChI is InChI=1S/C16H26/c1-3-5-7-9-11-13-15-16-14-12-10-8-6-4-2/h3-6,11,13-14,16H,7-10,12,15H2,1-2H3/b5-3+,6-4+,13-11+,16-14+. The molecule has 0 atom stereocenters. The summed E-state index contributed by atoms with van der Waals surface area (Å²) in [6.45, 7) is 4.15. The molecule has 0 amide bonds. The van der Waals surface area contributed by atoms with E-state index in [1.54, 1.807) is 0 Å². The van der Waals surface area contributed by atoms with Crippen LogP contribution in [-0.4, -0.2) is 0 Å². The van der Waals surface area contributed by atoms with Gasteiger partial charge in [-0.2, -0.15) is 0 Å². The Morgan fingerprint density at radius 3 is 1.75 bits per heavy atom. The van der Waals surface area contributed by atoms with Gasteiger partial charge in [-0.1, -0.05) is 48.6 Å². The summed E-state index contributed by atoms with van der Waals surface area (Å²) in [7, 11) is 0. The minimum Gasteiger partial charge on any atom is -0.0917 e. The predicted molar refractivity (Wildman–Crippen MR) is 75.6 cm³/mol. The zero-order valence-electron chi connectivity index (χ0n) is 10.9. The average molecular weight is 218 g/mol. The third-order valence-electron chi connectivity index (χ3n) is 2.32. The van der Waals surface area contributed by atoms with Crippen LogP contribution in [0.5, 0.6) is 0 Å². The van der Waals surface area contributed by atoms with Crippen molar-refractivity contribution < 1.29 is 0 Å². The third-order valence-corrected chi connectivity index (χ3v) is 2.32. The Kier molecular flexibility index (Phi) is 13.1. The van der Waals surface area contributed by atoms with Gasteiger partial charge >= 0.3 is 0 Å². The second-order valence-electron chi connectivity index (χ2n) is 3.82. The molecule has 0 unspecified atom stereocenters. The molecule has 0 aromatic carbocycles.